The van der Waals surface area contributed by atoms with Gasteiger partial charge in [-0.1, -0.05) is 0 Å². The molecule has 0 heterocycles. The van der Waals surface area contributed by atoms with E-state index in [4.69, 9.17) is 5.14 Å². The Morgan fingerprint density at radius 3 is 2.44 bits per heavy atom. The highest BCUT2D eigenvalue weighted by Crippen LogP contribution is 1.86. The summed E-state index contributed by atoms with van der Waals surface area (Å²) in [7, 11) is -3.13. The van der Waals surface area contributed by atoms with Crippen LogP contribution >= 0.6 is 0 Å². The number of rotatable bonds is 1. The molecule has 54 valence electrons. The van der Waals surface area contributed by atoms with Gasteiger partial charge in [0, 0.05) is 0 Å². The van der Waals surface area contributed by atoms with Gasteiger partial charge in [-0.2, -0.15) is 0 Å². The molecule has 2 N–H and O–H groups in total. The van der Waals surface area contributed by atoms with Crippen molar-refractivity contribution in [2.45, 2.75) is 6.92 Å². The average Bonchev–Trinajstić information content (AvgIpc) is 1.64. The second kappa shape index (κ2) is 2.84. The van der Waals surface area contributed by atoms with Gasteiger partial charge in [0.15, 0.2) is 0 Å². The quantitative estimate of drug-likeness (QED) is 0.414. The molecule has 0 rings (SSSR count). The molecule has 0 radical (unpaired) electrons. The van der Waals surface area contributed by atoms with Gasteiger partial charge < -0.3 is 4.74 Å². The van der Waals surface area contributed by atoms with Crippen molar-refractivity contribution in [1.82, 2.24) is 0 Å². The third-order valence-corrected chi connectivity index (χ3v) is 1.23. The fourth-order valence-electron chi connectivity index (χ4n) is 0.218. The van der Waals surface area contributed by atoms with Gasteiger partial charge in [-0.05, 0) is 12.8 Å². The van der Waals surface area contributed by atoms with Crippen LogP contribution < -0.4 is 5.14 Å². The Hall–Kier alpha value is -0.550. The van der Waals surface area contributed by atoms with E-state index in [0.717, 1.165) is 0 Å². The molecule has 0 aliphatic rings. The van der Waals surface area contributed by atoms with Crippen LogP contribution in [0.2, 0.25) is 0 Å². The maximum Gasteiger partial charge on any atom is 0.402 e. The third-order valence-electron chi connectivity index (χ3n) is 0.544. The van der Waals surface area contributed by atoms with Crippen molar-refractivity contribution in [2.24, 2.45) is 5.14 Å². The standard InChI is InChI=1S/C4H9NO3S/c1-3-8-4(6)9(2,5)7/h2-3H2,1H3,(H2,5,7). The number of hydrogen-bond acceptors (Lipinski definition) is 3. The summed E-state index contributed by atoms with van der Waals surface area (Å²) >= 11 is 0. The Bertz CT molecular complexity index is 194. The summed E-state index contributed by atoms with van der Waals surface area (Å²) in [5, 5.41) is 3.87. The van der Waals surface area contributed by atoms with Crippen LogP contribution in [0.1, 0.15) is 6.92 Å². The zero-order valence-corrected chi connectivity index (χ0v) is 5.94. The highest BCUT2D eigenvalue weighted by Gasteiger charge is 2.08. The van der Waals surface area contributed by atoms with E-state index in [9.17, 15) is 9.00 Å². The summed E-state index contributed by atoms with van der Waals surface area (Å²) in [5.74, 6) is 2.92. The van der Waals surface area contributed by atoms with E-state index in [1.54, 1.807) is 6.92 Å². The zero-order chi connectivity index (χ0) is 7.49. The molecule has 0 amide bonds. The maximum atomic E-state index is 10.5. The van der Waals surface area contributed by atoms with E-state index >= 15 is 0 Å². The van der Waals surface area contributed by atoms with Crippen LogP contribution in [0.3, 0.4) is 0 Å². The van der Waals surface area contributed by atoms with E-state index in [1.807, 2.05) is 0 Å². The van der Waals surface area contributed by atoms with Gasteiger partial charge in [0.1, 0.15) is 9.71 Å². The van der Waals surface area contributed by atoms with Crippen LogP contribution in [0.15, 0.2) is 0 Å². The molecular formula is C4H9NO3S. The number of hydrogen-bond donors (Lipinski definition) is 1. The molecule has 9 heavy (non-hydrogen) atoms. The summed E-state index contributed by atoms with van der Waals surface area (Å²) in [6.45, 7) is 1.77. The smallest absolute Gasteiger partial charge is 0.402 e. The van der Waals surface area contributed by atoms with Crippen LogP contribution in [0.5, 0.6) is 0 Å². The Morgan fingerprint density at radius 1 is 1.89 bits per heavy atom. The average molecular weight is 151 g/mol. The summed E-state index contributed by atoms with van der Waals surface area (Å²) in [5.41, 5.74) is 0. The topological polar surface area (TPSA) is 69.4 Å². The molecule has 1 unspecified atom stereocenters. The SMILES string of the molecule is C=S(N)(=O)C(=O)OCC. The van der Waals surface area contributed by atoms with Crippen LogP contribution in [0, 0.1) is 0 Å². The molecule has 0 aliphatic heterocycles. The van der Waals surface area contributed by atoms with Gasteiger partial charge in [-0.15, -0.1) is 0 Å². The number of carbonyl (C=O) groups is 1. The van der Waals surface area contributed by atoms with Gasteiger partial charge >= 0.3 is 5.30 Å². The van der Waals surface area contributed by atoms with Gasteiger partial charge in [-0.25, -0.2) is 9.00 Å². The largest absolute Gasteiger partial charge is 0.456 e. The normalized spacial score (nSPS) is 16.2. The predicted molar refractivity (Wildman–Crippen MR) is 36.5 cm³/mol. The lowest BCUT2D eigenvalue weighted by Crippen LogP contribution is -2.23. The van der Waals surface area contributed by atoms with Crippen molar-refractivity contribution in [1.29, 1.82) is 0 Å². The Balaban J connectivity index is 4.08. The first kappa shape index (κ1) is 8.45. The van der Waals surface area contributed by atoms with Crippen molar-refractivity contribution >= 4 is 20.9 Å². The first-order valence-corrected chi connectivity index (χ1v) is 4.09. The minimum Gasteiger partial charge on any atom is -0.456 e. The van der Waals surface area contributed by atoms with Crippen molar-refractivity contribution in [3.05, 3.63) is 0 Å². The van der Waals surface area contributed by atoms with Gasteiger partial charge in [0.25, 0.3) is 0 Å². The molecular weight excluding hydrogens is 142 g/mol. The maximum absolute atomic E-state index is 10.5. The summed E-state index contributed by atoms with van der Waals surface area (Å²) < 4.78 is 14.8. The first-order valence-electron chi connectivity index (χ1n) is 2.30. The van der Waals surface area contributed by atoms with Crippen LogP contribution in [0.4, 0.5) is 4.79 Å². The van der Waals surface area contributed by atoms with E-state index in [2.05, 4.69) is 10.6 Å². The minimum atomic E-state index is -3.13. The van der Waals surface area contributed by atoms with Crippen molar-refractivity contribution in [3.63, 3.8) is 0 Å². The van der Waals surface area contributed by atoms with E-state index in [0.29, 0.717) is 0 Å². The van der Waals surface area contributed by atoms with Crippen molar-refractivity contribution in [2.75, 3.05) is 6.61 Å². The molecule has 0 spiro atoms. The highest BCUT2D eigenvalue weighted by molar-refractivity contribution is 8.11. The fraction of sp³-hybridized carbons (Fsp3) is 0.500. The monoisotopic (exact) mass is 151 g/mol. The molecule has 0 aromatic carbocycles. The van der Waals surface area contributed by atoms with Gasteiger partial charge in [0.05, 0.1) is 6.61 Å². The van der Waals surface area contributed by atoms with Crippen molar-refractivity contribution < 1.29 is 13.7 Å². The van der Waals surface area contributed by atoms with E-state index < -0.39 is 15.0 Å². The molecule has 0 aliphatic carbocycles. The lowest BCUT2D eigenvalue weighted by Gasteiger charge is -1.99. The second-order valence-corrected chi connectivity index (χ2v) is 3.20. The second-order valence-electron chi connectivity index (χ2n) is 1.41. The number of carbonyl (C=O) groups excluding carboxylic acids is 1. The lowest BCUT2D eigenvalue weighted by atomic mass is 10.9. The number of ether oxygens (including phenoxy) is 1. The highest BCUT2D eigenvalue weighted by atomic mass is 32.2. The lowest BCUT2D eigenvalue weighted by molar-refractivity contribution is 0.180. The number of nitrogens with two attached hydrogens (primary N) is 1. The summed E-state index contributed by atoms with van der Waals surface area (Å²) in [4.78, 5) is 10.4. The molecule has 5 heteroatoms. The Kier molecular flexibility index (Phi) is 2.66. The van der Waals surface area contributed by atoms with Crippen LogP contribution in [0.25, 0.3) is 0 Å². The molecule has 4 nitrogen and oxygen atoms in total. The molecule has 0 saturated heterocycles. The molecule has 0 saturated carbocycles. The zero-order valence-electron chi connectivity index (χ0n) is 5.12. The third kappa shape index (κ3) is 3.10. The van der Waals surface area contributed by atoms with Crippen LogP contribution in [-0.2, 0) is 14.4 Å². The van der Waals surface area contributed by atoms with E-state index in [1.165, 1.54) is 0 Å². The molecule has 0 bridgehead atoms. The summed E-state index contributed by atoms with van der Waals surface area (Å²) in [6.07, 6.45) is 0. The van der Waals surface area contributed by atoms with Crippen molar-refractivity contribution in [3.8, 4) is 0 Å². The molecule has 0 aromatic rings. The molecule has 1 atom stereocenters. The van der Waals surface area contributed by atoms with E-state index in [-0.39, 0.29) is 6.61 Å². The summed E-state index contributed by atoms with van der Waals surface area (Å²) in [6, 6.07) is 0. The Morgan fingerprint density at radius 2 is 2.33 bits per heavy atom. The Labute approximate surface area is 54.1 Å². The first-order chi connectivity index (χ1) is 3.98. The van der Waals surface area contributed by atoms with Gasteiger partial charge in [-0.3, -0.25) is 5.14 Å². The predicted octanol–water partition coefficient (Wildman–Crippen LogP) is -0.267. The fourth-order valence-corrected chi connectivity index (χ4v) is 0.535. The molecule has 0 aromatic heterocycles. The van der Waals surface area contributed by atoms with Crippen LogP contribution in [-0.4, -0.2) is 22.0 Å². The van der Waals surface area contributed by atoms with Gasteiger partial charge in [0.2, 0.25) is 0 Å². The molecule has 0 fully saturated rings. The minimum absolute atomic E-state index is 0.169.